The molecular formula is C17H18N6O. The van der Waals surface area contributed by atoms with Gasteiger partial charge in [0.15, 0.2) is 5.69 Å². The van der Waals surface area contributed by atoms with Crippen LogP contribution in [0.3, 0.4) is 0 Å². The summed E-state index contributed by atoms with van der Waals surface area (Å²) in [7, 11) is 0. The zero-order valence-electron chi connectivity index (χ0n) is 13.2. The number of nitrogens with one attached hydrogen (secondary N) is 1. The van der Waals surface area contributed by atoms with Crippen LogP contribution in [0.2, 0.25) is 0 Å². The number of aromatic nitrogens is 5. The normalized spacial score (nSPS) is 17.8. The highest BCUT2D eigenvalue weighted by molar-refractivity contribution is 5.92. The van der Waals surface area contributed by atoms with Crippen LogP contribution in [0.1, 0.15) is 35.1 Å². The molecule has 4 rings (SSSR count). The van der Waals surface area contributed by atoms with Gasteiger partial charge in [-0.25, -0.2) is 9.67 Å². The number of hydrogen-bond donors (Lipinski definition) is 1. The van der Waals surface area contributed by atoms with E-state index in [2.05, 4.69) is 20.3 Å². The summed E-state index contributed by atoms with van der Waals surface area (Å²) in [6, 6.07) is 9.65. The summed E-state index contributed by atoms with van der Waals surface area (Å²) in [4.78, 5) is 22.1. The van der Waals surface area contributed by atoms with Crippen LogP contribution in [-0.2, 0) is 0 Å². The number of H-pyrrole nitrogens is 1. The van der Waals surface area contributed by atoms with E-state index in [4.69, 9.17) is 0 Å². The molecule has 1 atom stereocenters. The minimum absolute atomic E-state index is 0.0755. The van der Waals surface area contributed by atoms with Crippen molar-refractivity contribution in [2.75, 3.05) is 13.1 Å². The summed E-state index contributed by atoms with van der Waals surface area (Å²) >= 11 is 0. The van der Waals surface area contributed by atoms with Crippen molar-refractivity contribution in [3.8, 4) is 5.69 Å². The molecule has 3 aromatic rings. The SMILES string of the molecule is O=C(c1cn(-c2ccccc2)nn1)N1CCCC(c2ncc[nH]2)C1. The largest absolute Gasteiger partial charge is 0.348 e. The van der Waals surface area contributed by atoms with Crippen LogP contribution in [0, 0.1) is 0 Å². The molecule has 1 amide bonds. The molecule has 1 fully saturated rings. The van der Waals surface area contributed by atoms with E-state index in [9.17, 15) is 4.79 Å². The Morgan fingerprint density at radius 3 is 2.92 bits per heavy atom. The van der Waals surface area contributed by atoms with E-state index in [-0.39, 0.29) is 11.8 Å². The highest BCUT2D eigenvalue weighted by Gasteiger charge is 2.28. The summed E-state index contributed by atoms with van der Waals surface area (Å²) in [5.41, 5.74) is 1.26. The molecule has 122 valence electrons. The predicted octanol–water partition coefficient (Wildman–Crippen LogP) is 2.01. The number of nitrogens with zero attached hydrogens (tertiary/aromatic N) is 5. The van der Waals surface area contributed by atoms with Crippen molar-refractivity contribution in [1.82, 2.24) is 29.9 Å². The number of benzene rings is 1. The van der Waals surface area contributed by atoms with Gasteiger partial charge in [-0.3, -0.25) is 4.79 Å². The molecule has 1 N–H and O–H groups in total. The number of imidazole rings is 1. The Bertz CT molecular complexity index is 811. The van der Waals surface area contributed by atoms with Gasteiger partial charge >= 0.3 is 0 Å². The van der Waals surface area contributed by atoms with Crippen molar-refractivity contribution >= 4 is 5.91 Å². The molecule has 1 saturated heterocycles. The summed E-state index contributed by atoms with van der Waals surface area (Å²) in [6.07, 6.45) is 7.26. The van der Waals surface area contributed by atoms with E-state index >= 15 is 0 Å². The van der Waals surface area contributed by atoms with Gasteiger partial charge in [0.05, 0.1) is 11.9 Å². The fourth-order valence-electron chi connectivity index (χ4n) is 3.12. The minimum atomic E-state index is -0.0755. The molecule has 7 heteroatoms. The zero-order valence-corrected chi connectivity index (χ0v) is 13.2. The van der Waals surface area contributed by atoms with Crippen LogP contribution in [0.5, 0.6) is 0 Å². The first-order chi connectivity index (χ1) is 11.8. The Labute approximate surface area is 139 Å². The van der Waals surface area contributed by atoms with Crippen molar-refractivity contribution in [2.24, 2.45) is 0 Å². The monoisotopic (exact) mass is 322 g/mol. The number of hydrogen-bond acceptors (Lipinski definition) is 4. The molecule has 1 aliphatic rings. The van der Waals surface area contributed by atoms with Crippen LogP contribution in [0.15, 0.2) is 48.9 Å². The average Bonchev–Trinajstić information content (AvgIpc) is 3.34. The van der Waals surface area contributed by atoms with E-state index in [1.165, 1.54) is 0 Å². The number of carbonyl (C=O) groups excluding carboxylic acids is 1. The quantitative estimate of drug-likeness (QED) is 0.800. The van der Waals surface area contributed by atoms with Crippen molar-refractivity contribution in [3.63, 3.8) is 0 Å². The second-order valence-electron chi connectivity index (χ2n) is 5.95. The van der Waals surface area contributed by atoms with Gasteiger partial charge in [0.1, 0.15) is 5.82 Å². The highest BCUT2D eigenvalue weighted by atomic mass is 16.2. The van der Waals surface area contributed by atoms with E-state index in [1.807, 2.05) is 41.4 Å². The highest BCUT2D eigenvalue weighted by Crippen LogP contribution is 2.25. The third-order valence-corrected chi connectivity index (χ3v) is 4.35. The zero-order chi connectivity index (χ0) is 16.4. The van der Waals surface area contributed by atoms with Gasteiger partial charge in [-0.2, -0.15) is 0 Å². The van der Waals surface area contributed by atoms with Crippen LogP contribution in [0.25, 0.3) is 5.69 Å². The number of rotatable bonds is 3. The smallest absolute Gasteiger partial charge is 0.276 e. The first kappa shape index (κ1) is 14.6. The van der Waals surface area contributed by atoms with Crippen molar-refractivity contribution in [2.45, 2.75) is 18.8 Å². The Morgan fingerprint density at radius 2 is 2.12 bits per heavy atom. The van der Waals surface area contributed by atoms with Crippen molar-refractivity contribution in [3.05, 3.63) is 60.4 Å². The number of para-hydroxylation sites is 1. The van der Waals surface area contributed by atoms with Crippen molar-refractivity contribution in [1.29, 1.82) is 0 Å². The molecule has 7 nitrogen and oxygen atoms in total. The predicted molar refractivity (Wildman–Crippen MR) is 87.8 cm³/mol. The van der Waals surface area contributed by atoms with Gasteiger partial charge in [-0.15, -0.1) is 5.10 Å². The summed E-state index contributed by atoms with van der Waals surface area (Å²) in [6.45, 7) is 1.40. The fourth-order valence-corrected chi connectivity index (χ4v) is 3.12. The molecule has 1 unspecified atom stereocenters. The van der Waals surface area contributed by atoms with Crippen LogP contribution in [-0.4, -0.2) is 48.9 Å². The summed E-state index contributed by atoms with van der Waals surface area (Å²) in [5, 5.41) is 8.13. The van der Waals surface area contributed by atoms with Gasteiger partial charge in [0.2, 0.25) is 0 Å². The minimum Gasteiger partial charge on any atom is -0.348 e. The van der Waals surface area contributed by atoms with E-state index < -0.39 is 0 Å². The molecule has 1 aliphatic heterocycles. The van der Waals surface area contributed by atoms with Crippen molar-refractivity contribution < 1.29 is 4.79 Å². The Kier molecular flexibility index (Phi) is 3.82. The first-order valence-corrected chi connectivity index (χ1v) is 8.07. The van der Waals surface area contributed by atoms with E-state index in [0.29, 0.717) is 12.2 Å². The summed E-state index contributed by atoms with van der Waals surface area (Å²) in [5.74, 6) is 1.12. The topological polar surface area (TPSA) is 79.7 Å². The molecule has 0 radical (unpaired) electrons. The van der Waals surface area contributed by atoms with Gasteiger partial charge in [-0.1, -0.05) is 23.4 Å². The molecule has 1 aromatic carbocycles. The van der Waals surface area contributed by atoms with Crippen LogP contribution < -0.4 is 0 Å². The third-order valence-electron chi connectivity index (χ3n) is 4.35. The third kappa shape index (κ3) is 2.80. The molecule has 24 heavy (non-hydrogen) atoms. The standard InChI is InChI=1S/C17H18N6O/c24-17(15-12-23(21-20-15)14-6-2-1-3-7-14)22-10-4-5-13(11-22)16-18-8-9-19-16/h1-3,6-9,12-13H,4-5,10-11H2,(H,18,19). The Balaban J connectivity index is 1.50. The fraction of sp³-hybridized carbons (Fsp3) is 0.294. The van der Waals surface area contributed by atoms with E-state index in [1.54, 1.807) is 17.1 Å². The number of amides is 1. The molecule has 3 heterocycles. The average molecular weight is 322 g/mol. The maximum atomic E-state index is 12.7. The van der Waals surface area contributed by atoms with E-state index in [0.717, 1.165) is 30.9 Å². The number of aromatic amines is 1. The molecule has 0 saturated carbocycles. The number of carbonyl (C=O) groups is 1. The second-order valence-corrected chi connectivity index (χ2v) is 5.95. The lowest BCUT2D eigenvalue weighted by Gasteiger charge is -2.31. The molecular weight excluding hydrogens is 304 g/mol. The number of piperidine rings is 1. The lowest BCUT2D eigenvalue weighted by Crippen LogP contribution is -2.39. The van der Waals surface area contributed by atoms with Crippen LogP contribution in [0.4, 0.5) is 0 Å². The maximum absolute atomic E-state index is 12.7. The Morgan fingerprint density at radius 1 is 1.25 bits per heavy atom. The first-order valence-electron chi connectivity index (χ1n) is 8.07. The van der Waals surface area contributed by atoms with Crippen LogP contribution >= 0.6 is 0 Å². The molecule has 2 aromatic heterocycles. The lowest BCUT2D eigenvalue weighted by molar-refractivity contribution is 0.0698. The maximum Gasteiger partial charge on any atom is 0.276 e. The second kappa shape index (κ2) is 6.27. The molecule has 0 spiro atoms. The molecule has 0 aliphatic carbocycles. The molecule has 0 bridgehead atoms. The summed E-state index contributed by atoms with van der Waals surface area (Å²) < 4.78 is 1.63. The van der Waals surface area contributed by atoms with Gasteiger partial charge < -0.3 is 9.88 Å². The lowest BCUT2D eigenvalue weighted by atomic mass is 9.97. The van der Waals surface area contributed by atoms with Gasteiger partial charge in [0.25, 0.3) is 5.91 Å². The Hall–Kier alpha value is -2.96. The van der Waals surface area contributed by atoms with Gasteiger partial charge in [-0.05, 0) is 25.0 Å². The number of likely N-dealkylation sites (tertiary alicyclic amines) is 1. The van der Waals surface area contributed by atoms with Gasteiger partial charge in [0, 0.05) is 31.4 Å².